The van der Waals surface area contributed by atoms with Gasteiger partial charge in [0.15, 0.2) is 0 Å². The van der Waals surface area contributed by atoms with Gasteiger partial charge in [0.2, 0.25) is 21.8 Å². The van der Waals surface area contributed by atoms with Gasteiger partial charge in [-0.05, 0) is 18.6 Å². The van der Waals surface area contributed by atoms with E-state index >= 15 is 0 Å². The van der Waals surface area contributed by atoms with E-state index in [0.29, 0.717) is 18.9 Å². The van der Waals surface area contributed by atoms with Gasteiger partial charge in [0, 0.05) is 51.6 Å². The fraction of sp³-hybridized carbons (Fsp3) is 0.476. The van der Waals surface area contributed by atoms with Crippen LogP contribution in [0.4, 0.5) is 5.82 Å². The van der Waals surface area contributed by atoms with Gasteiger partial charge >= 0.3 is 0 Å². The van der Waals surface area contributed by atoms with Crippen LogP contribution in [-0.2, 0) is 26.2 Å². The molecule has 0 bridgehead atoms. The number of carbonyl (C=O) groups is 2. The first-order valence-corrected chi connectivity index (χ1v) is 12.0. The van der Waals surface area contributed by atoms with E-state index in [-0.39, 0.29) is 42.6 Å². The minimum atomic E-state index is -3.55. The summed E-state index contributed by atoms with van der Waals surface area (Å²) in [5, 5.41) is 7.00. The number of rotatable bonds is 9. The molecule has 168 valence electrons. The largest absolute Gasteiger partial charge is 0.340 e. The molecule has 1 fully saturated rings. The Hall–Kier alpha value is -2.72. The molecule has 0 atom stereocenters. The van der Waals surface area contributed by atoms with Gasteiger partial charge in [0.05, 0.1) is 11.1 Å². The number of nitrogens with one attached hydrogen (secondary N) is 1. The van der Waals surface area contributed by atoms with Crippen molar-refractivity contribution >= 4 is 27.7 Å². The fourth-order valence-corrected chi connectivity index (χ4v) is 4.87. The van der Waals surface area contributed by atoms with E-state index in [1.165, 1.54) is 4.31 Å². The highest BCUT2D eigenvalue weighted by molar-refractivity contribution is 7.89. The molecule has 2 amide bonds. The molecule has 2 heterocycles. The molecule has 2 aromatic rings. The van der Waals surface area contributed by atoms with Crippen molar-refractivity contribution in [1.82, 2.24) is 19.0 Å². The SMILES string of the molecule is CCCCn1nccc1NC(=O)CCC(=O)N1CCN(S(=O)(=O)c2ccccc2)CC1. The molecule has 0 saturated carbocycles. The van der Waals surface area contributed by atoms with Crippen molar-refractivity contribution in [3.63, 3.8) is 0 Å². The fourth-order valence-electron chi connectivity index (χ4n) is 3.43. The summed E-state index contributed by atoms with van der Waals surface area (Å²) in [6.07, 6.45) is 3.79. The zero-order valence-corrected chi connectivity index (χ0v) is 18.6. The molecular weight excluding hydrogens is 418 g/mol. The number of unbranched alkanes of at least 4 members (excludes halogenated alkanes) is 1. The van der Waals surface area contributed by atoms with E-state index < -0.39 is 10.0 Å². The Kier molecular flexibility index (Phi) is 7.80. The molecule has 0 radical (unpaired) electrons. The third-order valence-electron chi connectivity index (χ3n) is 5.25. The summed E-state index contributed by atoms with van der Waals surface area (Å²) in [5.74, 6) is 0.244. The number of anilines is 1. The maximum Gasteiger partial charge on any atom is 0.243 e. The average molecular weight is 448 g/mol. The average Bonchev–Trinajstić information content (AvgIpc) is 3.23. The van der Waals surface area contributed by atoms with Crippen LogP contribution in [0.15, 0.2) is 47.5 Å². The van der Waals surface area contributed by atoms with Crippen LogP contribution in [0.5, 0.6) is 0 Å². The van der Waals surface area contributed by atoms with Crippen molar-refractivity contribution in [2.75, 3.05) is 31.5 Å². The third-order valence-corrected chi connectivity index (χ3v) is 7.16. The molecule has 1 aromatic heterocycles. The van der Waals surface area contributed by atoms with E-state index in [0.717, 1.165) is 19.4 Å². The molecule has 0 unspecified atom stereocenters. The van der Waals surface area contributed by atoms with Crippen molar-refractivity contribution in [3.8, 4) is 0 Å². The van der Waals surface area contributed by atoms with Gasteiger partial charge in [-0.3, -0.25) is 9.59 Å². The number of amides is 2. The lowest BCUT2D eigenvalue weighted by Crippen LogP contribution is -2.50. The Balaban J connectivity index is 1.45. The maximum absolute atomic E-state index is 12.7. The van der Waals surface area contributed by atoms with Gasteiger partial charge in [-0.15, -0.1) is 0 Å². The van der Waals surface area contributed by atoms with Gasteiger partial charge in [0.25, 0.3) is 0 Å². The Morgan fingerprint density at radius 1 is 1.03 bits per heavy atom. The summed E-state index contributed by atoms with van der Waals surface area (Å²) in [7, 11) is -3.55. The topological polar surface area (TPSA) is 105 Å². The number of hydrogen-bond donors (Lipinski definition) is 1. The Morgan fingerprint density at radius 2 is 1.74 bits per heavy atom. The zero-order valence-electron chi connectivity index (χ0n) is 17.7. The van der Waals surface area contributed by atoms with Gasteiger partial charge in [0.1, 0.15) is 5.82 Å². The highest BCUT2D eigenvalue weighted by Gasteiger charge is 2.30. The minimum absolute atomic E-state index is 0.0698. The predicted octanol–water partition coefficient (Wildman–Crippen LogP) is 1.93. The summed E-state index contributed by atoms with van der Waals surface area (Å²) >= 11 is 0. The lowest BCUT2D eigenvalue weighted by molar-refractivity contribution is -0.133. The number of nitrogens with zero attached hydrogens (tertiary/aromatic N) is 4. The summed E-state index contributed by atoms with van der Waals surface area (Å²) in [4.78, 5) is 26.6. The molecule has 1 aliphatic heterocycles. The quantitative estimate of drug-likeness (QED) is 0.633. The molecule has 31 heavy (non-hydrogen) atoms. The van der Waals surface area contributed by atoms with Crippen LogP contribution in [0.1, 0.15) is 32.6 Å². The smallest absolute Gasteiger partial charge is 0.243 e. The molecule has 0 aliphatic carbocycles. The number of benzene rings is 1. The summed E-state index contributed by atoms with van der Waals surface area (Å²) in [6.45, 7) is 3.93. The Bertz CT molecular complexity index is 982. The van der Waals surface area contributed by atoms with Crippen LogP contribution in [0.25, 0.3) is 0 Å². The minimum Gasteiger partial charge on any atom is -0.340 e. The van der Waals surface area contributed by atoms with Crippen LogP contribution in [-0.4, -0.2) is 65.4 Å². The Morgan fingerprint density at radius 3 is 2.42 bits per heavy atom. The van der Waals surface area contributed by atoms with E-state index in [9.17, 15) is 18.0 Å². The number of sulfonamides is 1. The molecule has 1 aliphatic rings. The van der Waals surface area contributed by atoms with Crippen molar-refractivity contribution < 1.29 is 18.0 Å². The summed E-state index contributed by atoms with van der Waals surface area (Å²) < 4.78 is 28.5. The standard InChI is InChI=1S/C21H29N5O4S/c1-2-3-13-26-19(11-12-22-26)23-20(27)9-10-21(28)24-14-16-25(17-15-24)31(29,30)18-7-5-4-6-8-18/h4-8,11-12H,2-3,9-10,13-17H2,1H3,(H,23,27). The van der Waals surface area contributed by atoms with E-state index in [1.807, 2.05) is 0 Å². The van der Waals surface area contributed by atoms with Crippen molar-refractivity contribution in [2.24, 2.45) is 0 Å². The first kappa shape index (κ1) is 23.0. The summed E-state index contributed by atoms with van der Waals surface area (Å²) in [6, 6.07) is 10.0. The van der Waals surface area contributed by atoms with Gasteiger partial charge in [-0.2, -0.15) is 9.40 Å². The molecule has 1 N–H and O–H groups in total. The molecule has 10 heteroatoms. The third kappa shape index (κ3) is 5.92. The van der Waals surface area contributed by atoms with Gasteiger partial charge in [-0.1, -0.05) is 31.5 Å². The predicted molar refractivity (Wildman–Crippen MR) is 117 cm³/mol. The highest BCUT2D eigenvalue weighted by atomic mass is 32.2. The molecule has 3 rings (SSSR count). The van der Waals surface area contributed by atoms with E-state index in [1.54, 1.807) is 52.2 Å². The van der Waals surface area contributed by atoms with Crippen LogP contribution in [0.2, 0.25) is 0 Å². The monoisotopic (exact) mass is 447 g/mol. The van der Waals surface area contributed by atoms with Crippen molar-refractivity contribution in [2.45, 2.75) is 44.0 Å². The normalized spacial score (nSPS) is 15.1. The lowest BCUT2D eigenvalue weighted by atomic mass is 10.2. The van der Waals surface area contributed by atoms with Gasteiger partial charge < -0.3 is 10.2 Å². The second-order valence-electron chi connectivity index (χ2n) is 7.44. The Labute approximate surface area is 183 Å². The highest BCUT2D eigenvalue weighted by Crippen LogP contribution is 2.18. The number of aryl methyl sites for hydroxylation is 1. The maximum atomic E-state index is 12.7. The number of piperazine rings is 1. The van der Waals surface area contributed by atoms with Crippen LogP contribution in [0, 0.1) is 0 Å². The van der Waals surface area contributed by atoms with E-state index in [4.69, 9.17) is 0 Å². The molecule has 1 saturated heterocycles. The van der Waals surface area contributed by atoms with Gasteiger partial charge in [-0.25, -0.2) is 13.1 Å². The molecule has 1 aromatic carbocycles. The molecule has 0 spiro atoms. The van der Waals surface area contributed by atoms with Crippen molar-refractivity contribution in [1.29, 1.82) is 0 Å². The number of carbonyl (C=O) groups excluding carboxylic acids is 2. The molecule has 9 nitrogen and oxygen atoms in total. The van der Waals surface area contributed by atoms with Crippen molar-refractivity contribution in [3.05, 3.63) is 42.6 Å². The molecular formula is C21H29N5O4S. The van der Waals surface area contributed by atoms with Crippen LogP contribution < -0.4 is 5.32 Å². The second kappa shape index (κ2) is 10.5. The van der Waals surface area contributed by atoms with Crippen LogP contribution in [0.3, 0.4) is 0 Å². The first-order chi connectivity index (χ1) is 14.9. The van der Waals surface area contributed by atoms with E-state index in [2.05, 4.69) is 17.3 Å². The number of hydrogen-bond acceptors (Lipinski definition) is 5. The zero-order chi connectivity index (χ0) is 22.3. The lowest BCUT2D eigenvalue weighted by Gasteiger charge is -2.34. The second-order valence-corrected chi connectivity index (χ2v) is 9.38. The van der Waals surface area contributed by atoms with Crippen LogP contribution >= 0.6 is 0 Å². The summed E-state index contributed by atoms with van der Waals surface area (Å²) in [5.41, 5.74) is 0. The first-order valence-electron chi connectivity index (χ1n) is 10.6. The number of aromatic nitrogens is 2.